The second kappa shape index (κ2) is 6.05. The summed E-state index contributed by atoms with van der Waals surface area (Å²) in [6.45, 7) is 0.165. The third kappa shape index (κ3) is 3.21. The zero-order valence-electron chi connectivity index (χ0n) is 8.97. The van der Waals surface area contributed by atoms with Gasteiger partial charge in [-0.2, -0.15) is 0 Å². The van der Waals surface area contributed by atoms with Crippen LogP contribution in [-0.4, -0.2) is 27.7 Å². The average Bonchev–Trinajstić information content (AvgIpc) is 2.79. The van der Waals surface area contributed by atoms with E-state index in [-0.39, 0.29) is 6.61 Å². The fraction of sp³-hybridized carbons (Fsp3) is 0.273. The van der Waals surface area contributed by atoms with Gasteiger partial charge in [-0.1, -0.05) is 35.5 Å². The fourth-order valence-corrected chi connectivity index (χ4v) is 2.14. The summed E-state index contributed by atoms with van der Waals surface area (Å²) in [7, 11) is 0. The van der Waals surface area contributed by atoms with E-state index in [4.69, 9.17) is 21.1 Å². The third-order valence-corrected chi connectivity index (χ3v) is 3.27. The Kier molecular flexibility index (Phi) is 4.42. The van der Waals surface area contributed by atoms with Gasteiger partial charge in [0.1, 0.15) is 0 Å². The Bertz CT molecular complexity index is 490. The van der Waals surface area contributed by atoms with E-state index in [1.165, 1.54) is 11.8 Å². The SMILES string of the molecule is OCCCSc1nnc(-c2ccccc2Cl)o1. The van der Waals surface area contributed by atoms with Crippen molar-refractivity contribution in [2.75, 3.05) is 12.4 Å². The van der Waals surface area contributed by atoms with Crippen LogP contribution in [0.15, 0.2) is 33.9 Å². The van der Waals surface area contributed by atoms with Crippen LogP contribution >= 0.6 is 23.4 Å². The van der Waals surface area contributed by atoms with Gasteiger partial charge in [0.25, 0.3) is 5.22 Å². The maximum atomic E-state index is 8.67. The van der Waals surface area contributed by atoms with Crippen LogP contribution in [0.5, 0.6) is 0 Å². The molecule has 0 aliphatic carbocycles. The Labute approximate surface area is 108 Å². The molecule has 0 aliphatic rings. The van der Waals surface area contributed by atoms with Gasteiger partial charge in [-0.3, -0.25) is 0 Å². The van der Waals surface area contributed by atoms with E-state index in [1.807, 2.05) is 18.2 Å². The minimum atomic E-state index is 0.165. The minimum absolute atomic E-state index is 0.165. The van der Waals surface area contributed by atoms with Crippen LogP contribution < -0.4 is 0 Å². The molecule has 90 valence electrons. The van der Waals surface area contributed by atoms with Crippen molar-refractivity contribution in [3.05, 3.63) is 29.3 Å². The molecule has 1 N–H and O–H groups in total. The summed E-state index contributed by atoms with van der Waals surface area (Å²) in [5.74, 6) is 1.17. The molecular formula is C11H11ClN2O2S. The Morgan fingerprint density at radius 2 is 2.12 bits per heavy atom. The monoisotopic (exact) mass is 270 g/mol. The first-order valence-electron chi connectivity index (χ1n) is 5.13. The minimum Gasteiger partial charge on any atom is -0.411 e. The molecule has 2 rings (SSSR count). The van der Waals surface area contributed by atoms with E-state index < -0.39 is 0 Å². The van der Waals surface area contributed by atoms with Gasteiger partial charge in [-0.15, -0.1) is 10.2 Å². The summed E-state index contributed by atoms with van der Waals surface area (Å²) in [6.07, 6.45) is 0.703. The maximum Gasteiger partial charge on any atom is 0.276 e. The molecule has 4 nitrogen and oxygen atoms in total. The van der Waals surface area contributed by atoms with Crippen molar-refractivity contribution < 1.29 is 9.52 Å². The van der Waals surface area contributed by atoms with Crippen LogP contribution in [0.4, 0.5) is 0 Å². The zero-order chi connectivity index (χ0) is 12.1. The molecule has 0 unspecified atom stereocenters. The van der Waals surface area contributed by atoms with Crippen molar-refractivity contribution in [1.82, 2.24) is 10.2 Å². The number of thioether (sulfide) groups is 1. The van der Waals surface area contributed by atoms with Crippen molar-refractivity contribution in [1.29, 1.82) is 0 Å². The Morgan fingerprint density at radius 3 is 2.88 bits per heavy atom. The summed E-state index contributed by atoms with van der Waals surface area (Å²) in [5, 5.41) is 17.6. The van der Waals surface area contributed by atoms with Gasteiger partial charge in [0.05, 0.1) is 10.6 Å². The van der Waals surface area contributed by atoms with E-state index in [1.54, 1.807) is 6.07 Å². The number of aliphatic hydroxyl groups is 1. The highest BCUT2D eigenvalue weighted by Crippen LogP contribution is 2.28. The molecule has 0 radical (unpaired) electrons. The number of nitrogens with zero attached hydrogens (tertiary/aromatic N) is 2. The summed E-state index contributed by atoms with van der Waals surface area (Å²) in [4.78, 5) is 0. The molecule has 0 saturated heterocycles. The van der Waals surface area contributed by atoms with Gasteiger partial charge >= 0.3 is 0 Å². The van der Waals surface area contributed by atoms with E-state index in [9.17, 15) is 0 Å². The molecule has 0 aliphatic heterocycles. The fourth-order valence-electron chi connectivity index (χ4n) is 1.24. The highest BCUT2D eigenvalue weighted by Gasteiger charge is 2.11. The number of aliphatic hydroxyl groups excluding tert-OH is 1. The highest BCUT2D eigenvalue weighted by atomic mass is 35.5. The first-order valence-corrected chi connectivity index (χ1v) is 6.49. The molecule has 0 amide bonds. The summed E-state index contributed by atoms with van der Waals surface area (Å²) < 4.78 is 5.47. The van der Waals surface area contributed by atoms with Gasteiger partial charge < -0.3 is 9.52 Å². The molecule has 0 spiro atoms. The van der Waals surface area contributed by atoms with Crippen molar-refractivity contribution in [3.8, 4) is 11.5 Å². The molecule has 17 heavy (non-hydrogen) atoms. The lowest BCUT2D eigenvalue weighted by Crippen LogP contribution is -1.85. The van der Waals surface area contributed by atoms with E-state index >= 15 is 0 Å². The Hall–Kier alpha value is -1.04. The van der Waals surface area contributed by atoms with Crippen molar-refractivity contribution >= 4 is 23.4 Å². The largest absolute Gasteiger partial charge is 0.411 e. The number of hydrogen-bond donors (Lipinski definition) is 1. The topological polar surface area (TPSA) is 59.2 Å². The first kappa shape index (κ1) is 12.4. The number of benzene rings is 1. The van der Waals surface area contributed by atoms with Gasteiger partial charge in [0.15, 0.2) is 0 Å². The standard InChI is InChI=1S/C11H11ClN2O2S/c12-9-5-2-1-4-8(9)10-13-14-11(16-10)17-7-3-6-15/h1-2,4-5,15H,3,6-7H2. The van der Waals surface area contributed by atoms with Gasteiger partial charge in [-0.05, 0) is 18.6 Å². The molecule has 0 atom stereocenters. The summed E-state index contributed by atoms with van der Waals surface area (Å²) >= 11 is 7.45. The predicted octanol–water partition coefficient (Wildman–Crippen LogP) is 2.86. The number of aromatic nitrogens is 2. The lowest BCUT2D eigenvalue weighted by molar-refractivity contribution is 0.296. The van der Waals surface area contributed by atoms with Crippen molar-refractivity contribution in [2.45, 2.75) is 11.6 Å². The van der Waals surface area contributed by atoms with Crippen LogP contribution in [-0.2, 0) is 0 Å². The van der Waals surface area contributed by atoms with Gasteiger partial charge in [0, 0.05) is 12.4 Å². The number of halogens is 1. The third-order valence-electron chi connectivity index (χ3n) is 2.04. The molecule has 0 bridgehead atoms. The lowest BCUT2D eigenvalue weighted by atomic mass is 10.2. The quantitative estimate of drug-likeness (QED) is 0.669. The lowest BCUT2D eigenvalue weighted by Gasteiger charge is -1.96. The molecule has 0 saturated carbocycles. The van der Waals surface area contributed by atoms with Crippen LogP contribution in [0.1, 0.15) is 6.42 Å². The number of hydrogen-bond acceptors (Lipinski definition) is 5. The van der Waals surface area contributed by atoms with Crippen molar-refractivity contribution in [3.63, 3.8) is 0 Å². The summed E-state index contributed by atoms with van der Waals surface area (Å²) in [5.41, 5.74) is 0.732. The molecule has 1 aromatic heterocycles. The Balaban J connectivity index is 2.10. The van der Waals surface area contributed by atoms with Crippen LogP contribution in [0, 0.1) is 0 Å². The van der Waals surface area contributed by atoms with Crippen LogP contribution in [0.3, 0.4) is 0 Å². The second-order valence-corrected chi connectivity index (χ2v) is 4.73. The summed E-state index contributed by atoms with van der Waals surface area (Å²) in [6, 6.07) is 7.32. The molecule has 2 aromatic rings. The normalized spacial score (nSPS) is 10.7. The van der Waals surface area contributed by atoms with E-state index in [0.717, 1.165) is 11.3 Å². The van der Waals surface area contributed by atoms with Gasteiger partial charge in [-0.25, -0.2) is 0 Å². The molecular weight excluding hydrogens is 260 g/mol. The molecule has 1 heterocycles. The second-order valence-electron chi connectivity index (χ2n) is 3.28. The molecule has 0 fully saturated rings. The zero-order valence-corrected chi connectivity index (χ0v) is 10.5. The smallest absolute Gasteiger partial charge is 0.276 e. The number of rotatable bonds is 5. The molecule has 1 aromatic carbocycles. The van der Waals surface area contributed by atoms with Crippen molar-refractivity contribution in [2.24, 2.45) is 0 Å². The predicted molar refractivity (Wildman–Crippen MR) is 67.2 cm³/mol. The van der Waals surface area contributed by atoms with Gasteiger partial charge in [0.2, 0.25) is 5.89 Å². The first-order chi connectivity index (χ1) is 8.31. The average molecular weight is 271 g/mol. The van der Waals surface area contributed by atoms with E-state index in [2.05, 4.69) is 10.2 Å². The highest BCUT2D eigenvalue weighted by molar-refractivity contribution is 7.99. The molecule has 6 heteroatoms. The van der Waals surface area contributed by atoms with E-state index in [0.29, 0.717) is 22.6 Å². The van der Waals surface area contributed by atoms with Crippen LogP contribution in [0.2, 0.25) is 5.02 Å². The maximum absolute atomic E-state index is 8.67. The van der Waals surface area contributed by atoms with Crippen LogP contribution in [0.25, 0.3) is 11.5 Å². The Morgan fingerprint density at radius 1 is 1.29 bits per heavy atom.